The largest absolute Gasteiger partial charge is 0.484 e. The molecule has 0 amide bonds. The van der Waals surface area contributed by atoms with Crippen molar-refractivity contribution in [1.29, 1.82) is 5.26 Å². The topological polar surface area (TPSA) is 59.0 Å². The van der Waals surface area contributed by atoms with Crippen LogP contribution in [0.1, 0.15) is 29.7 Å². The number of aryl methyl sites for hydroxylation is 1. The lowest BCUT2D eigenvalue weighted by Gasteiger charge is -2.23. The van der Waals surface area contributed by atoms with Crippen molar-refractivity contribution in [3.8, 4) is 11.8 Å². The standard InChI is InChI=1S/C17H18N2O/c1-12-3-7-15(8-4-12)17(13(2)19)20-16-9-5-14(11-18)6-10-16/h3-10,13,17H,19H2,1-2H3/t13-,17-/m0/s1. The third kappa shape index (κ3) is 3.37. The van der Waals surface area contributed by atoms with E-state index in [9.17, 15) is 0 Å². The van der Waals surface area contributed by atoms with E-state index in [1.54, 1.807) is 24.3 Å². The van der Waals surface area contributed by atoms with Crippen molar-refractivity contribution in [2.45, 2.75) is 26.0 Å². The molecule has 0 saturated heterocycles. The van der Waals surface area contributed by atoms with Crippen LogP contribution in [-0.4, -0.2) is 6.04 Å². The van der Waals surface area contributed by atoms with E-state index < -0.39 is 0 Å². The first-order valence-electron chi connectivity index (χ1n) is 6.59. The summed E-state index contributed by atoms with van der Waals surface area (Å²) in [6.45, 7) is 3.97. The highest BCUT2D eigenvalue weighted by Gasteiger charge is 2.18. The minimum absolute atomic E-state index is 0.131. The molecule has 0 bridgehead atoms. The van der Waals surface area contributed by atoms with Crippen molar-refractivity contribution in [2.24, 2.45) is 5.73 Å². The van der Waals surface area contributed by atoms with E-state index in [4.69, 9.17) is 15.7 Å². The summed E-state index contributed by atoms with van der Waals surface area (Å²) in [4.78, 5) is 0. The van der Waals surface area contributed by atoms with Gasteiger partial charge in [-0.25, -0.2) is 0 Å². The van der Waals surface area contributed by atoms with Crippen molar-refractivity contribution >= 4 is 0 Å². The average molecular weight is 266 g/mol. The molecule has 20 heavy (non-hydrogen) atoms. The number of benzene rings is 2. The van der Waals surface area contributed by atoms with E-state index in [0.717, 1.165) is 5.56 Å². The summed E-state index contributed by atoms with van der Waals surface area (Å²) in [7, 11) is 0. The zero-order valence-electron chi connectivity index (χ0n) is 11.7. The predicted octanol–water partition coefficient (Wildman–Crippen LogP) is 3.33. The van der Waals surface area contributed by atoms with Gasteiger partial charge in [-0.2, -0.15) is 5.26 Å². The number of hydrogen-bond acceptors (Lipinski definition) is 3. The lowest BCUT2D eigenvalue weighted by molar-refractivity contribution is 0.180. The van der Waals surface area contributed by atoms with Crippen LogP contribution in [0.3, 0.4) is 0 Å². The first-order valence-corrected chi connectivity index (χ1v) is 6.59. The third-order valence-electron chi connectivity index (χ3n) is 3.13. The maximum Gasteiger partial charge on any atom is 0.138 e. The lowest BCUT2D eigenvalue weighted by atomic mass is 10.0. The van der Waals surface area contributed by atoms with Crippen LogP contribution in [-0.2, 0) is 0 Å². The zero-order chi connectivity index (χ0) is 14.5. The Kier molecular flexibility index (Phi) is 4.39. The van der Waals surface area contributed by atoms with Crippen molar-refractivity contribution in [1.82, 2.24) is 0 Å². The molecule has 0 spiro atoms. The van der Waals surface area contributed by atoms with Gasteiger partial charge in [0.25, 0.3) is 0 Å². The summed E-state index contributed by atoms with van der Waals surface area (Å²) >= 11 is 0. The third-order valence-corrected chi connectivity index (χ3v) is 3.13. The van der Waals surface area contributed by atoms with Gasteiger partial charge in [0.15, 0.2) is 0 Å². The predicted molar refractivity (Wildman–Crippen MR) is 79.4 cm³/mol. The Balaban J connectivity index is 2.21. The summed E-state index contributed by atoms with van der Waals surface area (Å²) in [5.41, 5.74) is 8.90. The summed E-state index contributed by atoms with van der Waals surface area (Å²) in [6.07, 6.45) is -0.205. The van der Waals surface area contributed by atoms with Gasteiger partial charge in [-0.15, -0.1) is 0 Å². The first-order chi connectivity index (χ1) is 9.60. The fraction of sp³-hybridized carbons (Fsp3) is 0.235. The quantitative estimate of drug-likeness (QED) is 0.923. The zero-order valence-corrected chi connectivity index (χ0v) is 11.7. The molecule has 0 heterocycles. The van der Waals surface area contributed by atoms with Crippen molar-refractivity contribution in [3.05, 3.63) is 65.2 Å². The van der Waals surface area contributed by atoms with Crippen molar-refractivity contribution < 1.29 is 4.74 Å². The van der Waals surface area contributed by atoms with Gasteiger partial charge in [-0.05, 0) is 43.7 Å². The molecule has 2 aromatic carbocycles. The highest BCUT2D eigenvalue weighted by Crippen LogP contribution is 2.24. The number of nitrogens with two attached hydrogens (primary N) is 1. The number of ether oxygens (including phenoxy) is 1. The van der Waals surface area contributed by atoms with Crippen LogP contribution >= 0.6 is 0 Å². The van der Waals surface area contributed by atoms with E-state index in [0.29, 0.717) is 11.3 Å². The van der Waals surface area contributed by atoms with Gasteiger partial charge >= 0.3 is 0 Å². The molecule has 0 aliphatic carbocycles. The van der Waals surface area contributed by atoms with E-state index in [-0.39, 0.29) is 12.1 Å². The summed E-state index contributed by atoms with van der Waals surface area (Å²) < 4.78 is 5.97. The maximum atomic E-state index is 8.79. The first kappa shape index (κ1) is 14.1. The number of rotatable bonds is 4. The highest BCUT2D eigenvalue weighted by molar-refractivity contribution is 5.35. The van der Waals surface area contributed by atoms with Crippen LogP contribution in [0.15, 0.2) is 48.5 Å². The smallest absolute Gasteiger partial charge is 0.138 e. The summed E-state index contributed by atoms with van der Waals surface area (Å²) in [5, 5.41) is 8.79. The van der Waals surface area contributed by atoms with Gasteiger partial charge < -0.3 is 10.5 Å². The Morgan fingerprint density at radius 3 is 2.15 bits per heavy atom. The molecule has 3 nitrogen and oxygen atoms in total. The van der Waals surface area contributed by atoms with Crippen LogP contribution in [0.4, 0.5) is 0 Å². The minimum Gasteiger partial charge on any atom is -0.484 e. The number of nitrogens with zero attached hydrogens (tertiary/aromatic N) is 1. The van der Waals surface area contributed by atoms with Crippen LogP contribution < -0.4 is 10.5 Å². The van der Waals surface area contributed by atoms with Crippen LogP contribution in [0.25, 0.3) is 0 Å². The fourth-order valence-electron chi connectivity index (χ4n) is 1.99. The molecule has 0 unspecified atom stereocenters. The molecule has 0 aliphatic rings. The molecule has 2 aromatic rings. The molecule has 0 aromatic heterocycles. The van der Waals surface area contributed by atoms with Gasteiger partial charge in [-0.3, -0.25) is 0 Å². The van der Waals surface area contributed by atoms with Crippen LogP contribution in [0.2, 0.25) is 0 Å². The Morgan fingerprint density at radius 2 is 1.65 bits per heavy atom. The van der Waals surface area contributed by atoms with Crippen molar-refractivity contribution in [2.75, 3.05) is 0 Å². The average Bonchev–Trinajstić information content (AvgIpc) is 2.46. The monoisotopic (exact) mass is 266 g/mol. The molecule has 102 valence electrons. The molecule has 0 saturated carbocycles. The van der Waals surface area contributed by atoms with Gasteiger partial charge in [-0.1, -0.05) is 29.8 Å². The lowest BCUT2D eigenvalue weighted by Crippen LogP contribution is -2.29. The van der Waals surface area contributed by atoms with Gasteiger partial charge in [0.05, 0.1) is 11.6 Å². The number of nitriles is 1. The maximum absolute atomic E-state index is 8.79. The second-order valence-electron chi connectivity index (χ2n) is 4.94. The van der Waals surface area contributed by atoms with E-state index in [1.807, 2.05) is 38.1 Å². The molecule has 3 heteroatoms. The SMILES string of the molecule is Cc1ccc([C@@H](Oc2ccc(C#N)cc2)[C@H](C)N)cc1. The molecular weight excluding hydrogens is 248 g/mol. The molecular formula is C17H18N2O. The Labute approximate surface area is 119 Å². The molecule has 0 radical (unpaired) electrons. The second kappa shape index (κ2) is 6.23. The van der Waals surface area contributed by atoms with E-state index in [2.05, 4.69) is 6.07 Å². The fourth-order valence-corrected chi connectivity index (χ4v) is 1.99. The Bertz CT molecular complexity index is 594. The van der Waals surface area contributed by atoms with Crippen LogP contribution in [0.5, 0.6) is 5.75 Å². The molecule has 0 fully saturated rings. The molecule has 2 atom stereocenters. The summed E-state index contributed by atoms with van der Waals surface area (Å²) in [5.74, 6) is 0.715. The number of hydrogen-bond donors (Lipinski definition) is 1. The molecule has 0 aliphatic heterocycles. The van der Waals surface area contributed by atoms with E-state index in [1.165, 1.54) is 5.56 Å². The second-order valence-corrected chi connectivity index (χ2v) is 4.94. The summed E-state index contributed by atoms with van der Waals surface area (Å²) in [6, 6.07) is 17.2. The Hall–Kier alpha value is -2.31. The van der Waals surface area contributed by atoms with Crippen LogP contribution in [0, 0.1) is 18.3 Å². The van der Waals surface area contributed by atoms with Crippen molar-refractivity contribution in [3.63, 3.8) is 0 Å². The Morgan fingerprint density at radius 1 is 1.05 bits per heavy atom. The minimum atomic E-state index is -0.205. The van der Waals surface area contributed by atoms with Gasteiger partial charge in [0.2, 0.25) is 0 Å². The normalized spacial score (nSPS) is 13.3. The molecule has 2 N–H and O–H groups in total. The molecule has 2 rings (SSSR count). The van der Waals surface area contributed by atoms with Gasteiger partial charge in [0, 0.05) is 6.04 Å². The van der Waals surface area contributed by atoms with Gasteiger partial charge in [0.1, 0.15) is 11.9 Å². The highest BCUT2D eigenvalue weighted by atomic mass is 16.5. The van der Waals surface area contributed by atoms with E-state index >= 15 is 0 Å².